The van der Waals surface area contributed by atoms with Crippen molar-refractivity contribution in [2.45, 2.75) is 31.5 Å². The minimum atomic E-state index is -4.56. The number of amides is 2. The molecule has 26 heavy (non-hydrogen) atoms. The van der Waals surface area contributed by atoms with Gasteiger partial charge in [0.05, 0.1) is 17.3 Å². The van der Waals surface area contributed by atoms with E-state index in [9.17, 15) is 22.8 Å². The minimum absolute atomic E-state index is 0.0640. The smallest absolute Gasteiger partial charge is 0.364 e. The van der Waals surface area contributed by atoms with Crippen LogP contribution in [0, 0.1) is 0 Å². The Morgan fingerprint density at radius 2 is 2.04 bits per heavy atom. The first-order valence-electron chi connectivity index (χ1n) is 7.96. The van der Waals surface area contributed by atoms with Gasteiger partial charge in [0.2, 0.25) is 0 Å². The van der Waals surface area contributed by atoms with Crippen molar-refractivity contribution < 1.29 is 22.8 Å². The summed E-state index contributed by atoms with van der Waals surface area (Å²) in [6, 6.07) is 3.03. The molecule has 3 rings (SSSR count). The van der Waals surface area contributed by atoms with Gasteiger partial charge in [0.15, 0.2) is 0 Å². The Labute approximate surface area is 146 Å². The molecule has 0 aromatic carbocycles. The van der Waals surface area contributed by atoms with Gasteiger partial charge in [-0.1, -0.05) is 0 Å². The lowest BCUT2D eigenvalue weighted by Crippen LogP contribution is -2.38. The van der Waals surface area contributed by atoms with E-state index in [-0.39, 0.29) is 17.3 Å². The zero-order chi connectivity index (χ0) is 18.9. The lowest BCUT2D eigenvalue weighted by atomic mass is 9.98. The number of carbonyl (C=O) groups excluding carboxylic acids is 2. The fourth-order valence-electron chi connectivity index (χ4n) is 2.99. The van der Waals surface area contributed by atoms with Crippen LogP contribution in [-0.4, -0.2) is 38.4 Å². The molecule has 1 unspecified atom stereocenters. The summed E-state index contributed by atoms with van der Waals surface area (Å²) in [5, 5.41) is 6.53. The van der Waals surface area contributed by atoms with Crippen molar-refractivity contribution in [1.82, 2.24) is 20.1 Å². The van der Waals surface area contributed by atoms with Crippen molar-refractivity contribution >= 4 is 11.8 Å². The number of aromatic nitrogens is 3. The number of rotatable bonds is 3. The van der Waals surface area contributed by atoms with Crippen molar-refractivity contribution in [2.24, 2.45) is 5.73 Å². The van der Waals surface area contributed by atoms with Gasteiger partial charge in [-0.05, 0) is 37.5 Å². The number of aromatic amines is 1. The van der Waals surface area contributed by atoms with Gasteiger partial charge in [0.1, 0.15) is 11.4 Å². The number of nitrogens with one attached hydrogen (secondary N) is 1. The van der Waals surface area contributed by atoms with E-state index in [2.05, 4.69) is 15.2 Å². The molecule has 1 aliphatic rings. The standard InChI is InChI=1S/C16H16F3N5O2/c17-16(18,19)13-5-4-9(8-21-13)15(26)24-6-2-1-3-12(24)10-7-11(14(20)25)23-22-10/h4-5,7-8,12H,1-3,6H2,(H2,20,25)(H,22,23). The first-order chi connectivity index (χ1) is 12.3. The molecule has 2 amide bonds. The molecule has 1 saturated heterocycles. The maximum atomic E-state index is 12.8. The van der Waals surface area contributed by atoms with Crippen LogP contribution in [0.25, 0.3) is 0 Å². The molecular formula is C16H16F3N5O2. The molecule has 1 aliphatic heterocycles. The van der Waals surface area contributed by atoms with E-state index in [0.717, 1.165) is 31.2 Å². The van der Waals surface area contributed by atoms with E-state index in [1.54, 1.807) is 4.90 Å². The maximum absolute atomic E-state index is 12.8. The van der Waals surface area contributed by atoms with Gasteiger partial charge in [0, 0.05) is 12.7 Å². The number of alkyl halides is 3. The maximum Gasteiger partial charge on any atom is 0.433 e. The zero-order valence-electron chi connectivity index (χ0n) is 13.6. The molecule has 10 heteroatoms. The molecule has 2 aromatic heterocycles. The number of piperidine rings is 1. The Morgan fingerprint density at radius 3 is 2.62 bits per heavy atom. The predicted molar refractivity (Wildman–Crippen MR) is 84.0 cm³/mol. The summed E-state index contributed by atoms with van der Waals surface area (Å²) in [6.07, 6.45) is -1.35. The van der Waals surface area contributed by atoms with Crippen LogP contribution in [0.3, 0.4) is 0 Å². The number of pyridine rings is 1. The lowest BCUT2D eigenvalue weighted by Gasteiger charge is -2.35. The van der Waals surface area contributed by atoms with Crippen LogP contribution in [0.1, 0.15) is 57.5 Å². The summed E-state index contributed by atoms with van der Waals surface area (Å²) in [5.74, 6) is -1.11. The van der Waals surface area contributed by atoms with Gasteiger partial charge in [-0.15, -0.1) is 0 Å². The number of hydrogen-bond donors (Lipinski definition) is 2. The number of carbonyl (C=O) groups is 2. The Kier molecular flexibility index (Phi) is 4.66. The third-order valence-electron chi connectivity index (χ3n) is 4.27. The Morgan fingerprint density at radius 1 is 1.27 bits per heavy atom. The van der Waals surface area contributed by atoms with Crippen LogP contribution >= 0.6 is 0 Å². The fourth-order valence-corrected chi connectivity index (χ4v) is 2.99. The van der Waals surface area contributed by atoms with Crippen LogP contribution in [0.4, 0.5) is 13.2 Å². The summed E-state index contributed by atoms with van der Waals surface area (Å²) < 4.78 is 37.9. The van der Waals surface area contributed by atoms with E-state index in [1.165, 1.54) is 6.07 Å². The summed E-state index contributed by atoms with van der Waals surface area (Å²) >= 11 is 0. The van der Waals surface area contributed by atoms with E-state index in [4.69, 9.17) is 5.73 Å². The molecule has 1 fully saturated rings. The van der Waals surface area contributed by atoms with Crippen molar-refractivity contribution in [3.05, 3.63) is 47.0 Å². The van der Waals surface area contributed by atoms with Gasteiger partial charge in [-0.25, -0.2) is 0 Å². The predicted octanol–water partition coefficient (Wildman–Crippen LogP) is 2.29. The summed E-state index contributed by atoms with van der Waals surface area (Å²) in [6.45, 7) is 0.440. The van der Waals surface area contributed by atoms with Crippen LogP contribution in [0.15, 0.2) is 24.4 Å². The zero-order valence-corrected chi connectivity index (χ0v) is 13.6. The number of H-pyrrole nitrogens is 1. The molecule has 2 aromatic rings. The summed E-state index contributed by atoms with van der Waals surface area (Å²) in [7, 11) is 0. The van der Waals surface area contributed by atoms with Gasteiger partial charge in [-0.2, -0.15) is 18.3 Å². The molecule has 3 heterocycles. The quantitative estimate of drug-likeness (QED) is 0.868. The summed E-state index contributed by atoms with van der Waals surface area (Å²) in [5.41, 5.74) is 4.83. The molecule has 3 N–H and O–H groups in total. The first-order valence-corrected chi connectivity index (χ1v) is 7.96. The monoisotopic (exact) mass is 367 g/mol. The van der Waals surface area contributed by atoms with Crippen LogP contribution in [-0.2, 0) is 6.18 Å². The molecule has 138 valence electrons. The third kappa shape index (κ3) is 3.53. The number of nitrogens with two attached hydrogens (primary N) is 1. The SMILES string of the molecule is NC(=O)c1cc(C2CCCCN2C(=O)c2ccc(C(F)(F)F)nc2)[nH]n1. The first kappa shape index (κ1) is 17.9. The highest BCUT2D eigenvalue weighted by Gasteiger charge is 2.34. The van der Waals surface area contributed by atoms with Gasteiger partial charge in [-0.3, -0.25) is 19.7 Å². The van der Waals surface area contributed by atoms with Gasteiger partial charge in [0.25, 0.3) is 11.8 Å². The van der Waals surface area contributed by atoms with E-state index in [0.29, 0.717) is 18.7 Å². The molecule has 1 atom stereocenters. The summed E-state index contributed by atoms with van der Waals surface area (Å²) in [4.78, 5) is 28.9. The number of nitrogens with zero attached hydrogens (tertiary/aromatic N) is 3. The molecule has 0 aliphatic carbocycles. The highest BCUT2D eigenvalue weighted by Crippen LogP contribution is 2.32. The highest BCUT2D eigenvalue weighted by atomic mass is 19.4. The Hall–Kier alpha value is -2.91. The molecule has 0 saturated carbocycles. The normalized spacial score (nSPS) is 18.0. The molecule has 0 radical (unpaired) electrons. The molecular weight excluding hydrogens is 351 g/mol. The van der Waals surface area contributed by atoms with Crippen LogP contribution in [0.5, 0.6) is 0 Å². The van der Waals surface area contributed by atoms with E-state index in [1.807, 2.05) is 0 Å². The van der Waals surface area contributed by atoms with Gasteiger partial charge < -0.3 is 10.6 Å². The number of likely N-dealkylation sites (tertiary alicyclic amines) is 1. The van der Waals surface area contributed by atoms with Crippen molar-refractivity contribution in [2.75, 3.05) is 6.54 Å². The average molecular weight is 367 g/mol. The number of primary amides is 1. The Balaban J connectivity index is 1.84. The van der Waals surface area contributed by atoms with Crippen molar-refractivity contribution in [3.8, 4) is 0 Å². The van der Waals surface area contributed by atoms with E-state index >= 15 is 0 Å². The fraction of sp³-hybridized carbons (Fsp3) is 0.375. The van der Waals surface area contributed by atoms with Crippen LogP contribution in [0.2, 0.25) is 0 Å². The van der Waals surface area contributed by atoms with Crippen molar-refractivity contribution in [3.63, 3.8) is 0 Å². The second kappa shape index (κ2) is 6.77. The second-order valence-corrected chi connectivity index (χ2v) is 6.01. The highest BCUT2D eigenvalue weighted by molar-refractivity contribution is 5.94. The van der Waals surface area contributed by atoms with E-state index < -0.39 is 23.7 Å². The average Bonchev–Trinajstić information content (AvgIpc) is 3.11. The third-order valence-corrected chi connectivity index (χ3v) is 4.27. The number of halogens is 3. The Bertz CT molecular complexity index is 816. The van der Waals surface area contributed by atoms with Gasteiger partial charge >= 0.3 is 6.18 Å². The largest absolute Gasteiger partial charge is 0.433 e. The molecule has 7 nitrogen and oxygen atoms in total. The number of hydrogen-bond acceptors (Lipinski definition) is 4. The molecule has 0 bridgehead atoms. The minimum Gasteiger partial charge on any atom is -0.364 e. The van der Waals surface area contributed by atoms with Crippen LogP contribution < -0.4 is 5.73 Å². The lowest BCUT2D eigenvalue weighted by molar-refractivity contribution is -0.141. The topological polar surface area (TPSA) is 105 Å². The molecule has 0 spiro atoms. The van der Waals surface area contributed by atoms with Crippen molar-refractivity contribution in [1.29, 1.82) is 0 Å². The second-order valence-electron chi connectivity index (χ2n) is 6.01.